The molecule has 0 saturated carbocycles. The number of nitrogens with zero attached hydrogens (tertiary/aromatic N) is 1. The molecule has 0 aliphatic rings. The minimum Gasteiger partial charge on any atom is -0.449 e. The molecule has 0 aromatic heterocycles. The van der Waals surface area contributed by atoms with Crippen molar-refractivity contribution in [3.05, 3.63) is 0 Å². The van der Waals surface area contributed by atoms with Gasteiger partial charge in [0.25, 0.3) is 10.0 Å². The van der Waals surface area contributed by atoms with Gasteiger partial charge < -0.3 is 8.54 Å². The summed E-state index contributed by atoms with van der Waals surface area (Å²) in [5.41, 5.74) is 0. The normalized spacial score (nSPS) is 12.6. The summed E-state index contributed by atoms with van der Waals surface area (Å²) in [4.78, 5) is 3.83. The summed E-state index contributed by atoms with van der Waals surface area (Å²) in [6.45, 7) is 2.34. The van der Waals surface area contributed by atoms with Gasteiger partial charge in [-0.25, -0.2) is 0 Å². The van der Waals surface area contributed by atoms with Crippen LogP contribution in [0.25, 0.3) is 0 Å². The molecule has 0 bridgehead atoms. The molecule has 0 amide bonds. The molecular formula is C3H11NO2Si2. The van der Waals surface area contributed by atoms with Crippen LogP contribution in [0, 0.1) is 0 Å². The van der Waals surface area contributed by atoms with E-state index in [0.29, 0.717) is 6.73 Å². The first-order valence-corrected chi connectivity index (χ1v) is 4.40. The van der Waals surface area contributed by atoms with E-state index in [0.717, 1.165) is 10.5 Å². The number of hydrogen-bond acceptors (Lipinski definition) is 3. The Morgan fingerprint density at radius 1 is 1.88 bits per heavy atom. The summed E-state index contributed by atoms with van der Waals surface area (Å²) in [6.07, 6.45) is 1.72. The average Bonchev–Trinajstić information content (AvgIpc) is 1.81. The highest BCUT2D eigenvalue weighted by atomic mass is 28.3. The van der Waals surface area contributed by atoms with Gasteiger partial charge in [0.2, 0.25) is 0 Å². The lowest BCUT2D eigenvalue weighted by Gasteiger charge is -1.94. The molecule has 0 aromatic carbocycles. The van der Waals surface area contributed by atoms with E-state index in [1.165, 1.54) is 0 Å². The molecule has 0 aromatic rings. The predicted octanol–water partition coefficient (Wildman–Crippen LogP) is -1.65. The standard InChI is InChI=1S/C3H11NO2Si2/c1-2-4-3-5-8-6-7/h2H,3,8H2,1,7H3. The third-order valence-corrected chi connectivity index (χ3v) is 1.84. The van der Waals surface area contributed by atoms with Crippen LogP contribution < -0.4 is 0 Å². The maximum atomic E-state index is 4.98. The molecule has 0 rings (SSSR count). The second kappa shape index (κ2) is 7.02. The van der Waals surface area contributed by atoms with E-state index in [1.807, 2.05) is 6.92 Å². The quantitative estimate of drug-likeness (QED) is 0.272. The summed E-state index contributed by atoms with van der Waals surface area (Å²) < 4.78 is 9.85. The second-order valence-electron chi connectivity index (χ2n) is 1.18. The monoisotopic (exact) mass is 149 g/mol. The fraction of sp³-hybridized carbons (Fsp3) is 0.667. The van der Waals surface area contributed by atoms with E-state index in [1.54, 1.807) is 6.21 Å². The lowest BCUT2D eigenvalue weighted by Crippen LogP contribution is -2.01. The Morgan fingerprint density at radius 2 is 2.62 bits per heavy atom. The number of aliphatic imine (C=N–C) groups is 1. The van der Waals surface area contributed by atoms with Crippen molar-refractivity contribution in [2.45, 2.75) is 6.92 Å². The van der Waals surface area contributed by atoms with Gasteiger partial charge in [-0.1, -0.05) is 0 Å². The topological polar surface area (TPSA) is 30.8 Å². The third-order valence-electron chi connectivity index (χ3n) is 0.550. The van der Waals surface area contributed by atoms with Crippen LogP contribution in [0.4, 0.5) is 0 Å². The molecule has 0 saturated heterocycles. The van der Waals surface area contributed by atoms with Crippen molar-refractivity contribution in [1.29, 1.82) is 0 Å². The second-order valence-corrected chi connectivity index (χ2v) is 4.13. The molecule has 3 nitrogen and oxygen atoms in total. The summed E-state index contributed by atoms with van der Waals surface area (Å²) in [5, 5.41) is 0. The molecule has 0 N–H and O–H groups in total. The number of hydrogen-bond donors (Lipinski definition) is 0. The van der Waals surface area contributed by atoms with Crippen molar-refractivity contribution in [2.75, 3.05) is 6.73 Å². The molecule has 0 radical (unpaired) electrons. The van der Waals surface area contributed by atoms with E-state index in [2.05, 4.69) is 4.99 Å². The molecule has 5 heteroatoms. The van der Waals surface area contributed by atoms with Gasteiger partial charge in [0.1, 0.15) is 17.2 Å². The van der Waals surface area contributed by atoms with Gasteiger partial charge in [-0.2, -0.15) is 0 Å². The molecule has 0 heterocycles. The van der Waals surface area contributed by atoms with Crippen molar-refractivity contribution >= 4 is 26.7 Å². The van der Waals surface area contributed by atoms with E-state index >= 15 is 0 Å². The Morgan fingerprint density at radius 3 is 3.12 bits per heavy atom. The summed E-state index contributed by atoms with van der Waals surface area (Å²) in [5.74, 6) is 0. The largest absolute Gasteiger partial charge is 0.449 e. The fourth-order valence-electron chi connectivity index (χ4n) is 0.248. The first-order chi connectivity index (χ1) is 3.91. The van der Waals surface area contributed by atoms with Gasteiger partial charge in [0, 0.05) is 0 Å². The van der Waals surface area contributed by atoms with Crippen molar-refractivity contribution < 1.29 is 8.54 Å². The van der Waals surface area contributed by atoms with Crippen LogP contribution in [0.3, 0.4) is 0 Å². The Labute approximate surface area is 54.7 Å². The van der Waals surface area contributed by atoms with E-state index in [4.69, 9.17) is 8.54 Å². The lowest BCUT2D eigenvalue weighted by molar-refractivity contribution is 0.307. The van der Waals surface area contributed by atoms with Crippen LogP contribution in [0.5, 0.6) is 0 Å². The molecule has 0 fully saturated rings. The summed E-state index contributed by atoms with van der Waals surface area (Å²) in [6, 6.07) is 0. The van der Waals surface area contributed by atoms with E-state index in [9.17, 15) is 0 Å². The Balaban J connectivity index is 2.72. The molecule has 0 aliphatic carbocycles. The zero-order valence-electron chi connectivity index (χ0n) is 5.26. The van der Waals surface area contributed by atoms with Crippen LogP contribution >= 0.6 is 0 Å². The Hall–Kier alpha value is 0.0238. The SMILES string of the molecule is CC=NCO[SiH2]O[SiH3]. The highest BCUT2D eigenvalue weighted by Crippen LogP contribution is 1.70. The van der Waals surface area contributed by atoms with Crippen LogP contribution in [-0.2, 0) is 8.54 Å². The van der Waals surface area contributed by atoms with Crippen molar-refractivity contribution in [1.82, 2.24) is 0 Å². The van der Waals surface area contributed by atoms with Gasteiger partial charge in [-0.15, -0.1) is 0 Å². The molecule has 0 aliphatic heterocycles. The first-order valence-electron chi connectivity index (χ1n) is 2.43. The first kappa shape index (κ1) is 8.02. The van der Waals surface area contributed by atoms with E-state index < -0.39 is 10.0 Å². The molecule has 8 heavy (non-hydrogen) atoms. The minimum atomic E-state index is -0.651. The van der Waals surface area contributed by atoms with Crippen LogP contribution in [0.15, 0.2) is 4.99 Å². The van der Waals surface area contributed by atoms with Crippen molar-refractivity contribution in [2.24, 2.45) is 4.99 Å². The molecule has 0 atom stereocenters. The van der Waals surface area contributed by atoms with Crippen LogP contribution in [0.2, 0.25) is 0 Å². The lowest BCUT2D eigenvalue weighted by atomic mass is 10.9. The average molecular weight is 149 g/mol. The Bertz CT molecular complexity index is 68.3. The van der Waals surface area contributed by atoms with E-state index in [-0.39, 0.29) is 0 Å². The maximum Gasteiger partial charge on any atom is 0.295 e. The molecular weight excluding hydrogens is 138 g/mol. The Kier molecular flexibility index (Phi) is 7.04. The van der Waals surface area contributed by atoms with Crippen molar-refractivity contribution in [3.8, 4) is 0 Å². The van der Waals surface area contributed by atoms with Gasteiger partial charge in [-0.3, -0.25) is 4.99 Å². The molecule has 48 valence electrons. The highest BCUT2D eigenvalue weighted by molar-refractivity contribution is 6.27. The van der Waals surface area contributed by atoms with Crippen LogP contribution in [-0.4, -0.2) is 33.4 Å². The van der Waals surface area contributed by atoms with Gasteiger partial charge in [0.15, 0.2) is 0 Å². The summed E-state index contributed by atoms with van der Waals surface area (Å²) >= 11 is 0. The van der Waals surface area contributed by atoms with Gasteiger partial charge in [-0.05, 0) is 13.1 Å². The van der Waals surface area contributed by atoms with Crippen molar-refractivity contribution in [3.63, 3.8) is 0 Å². The smallest absolute Gasteiger partial charge is 0.295 e. The minimum absolute atomic E-state index is 0.477. The zero-order valence-corrected chi connectivity index (χ0v) is 8.67. The highest BCUT2D eigenvalue weighted by Gasteiger charge is 1.77. The molecule has 0 spiro atoms. The zero-order chi connectivity index (χ0) is 6.24. The third kappa shape index (κ3) is 6.02. The fourth-order valence-corrected chi connectivity index (χ4v) is 1.09. The van der Waals surface area contributed by atoms with Gasteiger partial charge >= 0.3 is 0 Å². The number of rotatable bonds is 4. The van der Waals surface area contributed by atoms with Gasteiger partial charge in [0.05, 0.1) is 0 Å². The summed E-state index contributed by atoms with van der Waals surface area (Å²) in [7, 11) is 0.142. The predicted molar refractivity (Wildman–Crippen MR) is 39.7 cm³/mol. The van der Waals surface area contributed by atoms with Crippen LogP contribution in [0.1, 0.15) is 6.92 Å². The maximum absolute atomic E-state index is 4.98. The molecule has 0 unspecified atom stereocenters.